The highest BCUT2D eigenvalue weighted by Gasteiger charge is 2.09. The van der Waals surface area contributed by atoms with Gasteiger partial charge in [0.15, 0.2) is 0 Å². The molecule has 0 aromatic heterocycles. The van der Waals surface area contributed by atoms with E-state index in [1.807, 2.05) is 0 Å². The number of nitrogens with zero attached hydrogens (tertiary/aromatic N) is 1. The number of ether oxygens (including phenoxy) is 1. The van der Waals surface area contributed by atoms with Gasteiger partial charge in [-0.3, -0.25) is 0 Å². The minimum Gasteiger partial charge on any atom is -0.493 e. The van der Waals surface area contributed by atoms with Crippen molar-refractivity contribution in [3.05, 3.63) is 29.3 Å². The first-order valence-electron chi connectivity index (χ1n) is 5.72. The van der Waals surface area contributed by atoms with Crippen LogP contribution in [0.15, 0.2) is 18.2 Å². The number of hydrogen-bond acceptors (Lipinski definition) is 3. The summed E-state index contributed by atoms with van der Waals surface area (Å²) in [5.74, 6) is 1.04. The van der Waals surface area contributed by atoms with Crippen molar-refractivity contribution in [2.75, 3.05) is 19.7 Å². The lowest BCUT2D eigenvalue weighted by Gasteiger charge is -2.17. The number of hydrogen-bond donors (Lipinski definition) is 1. The summed E-state index contributed by atoms with van der Waals surface area (Å²) in [7, 11) is 0. The van der Waals surface area contributed by atoms with Crippen molar-refractivity contribution in [2.45, 2.75) is 19.3 Å². The number of benzene rings is 1. The highest BCUT2D eigenvalue weighted by molar-refractivity contribution is 5.38. The molecule has 3 heteroatoms. The van der Waals surface area contributed by atoms with Crippen LogP contribution < -0.4 is 10.1 Å². The van der Waals surface area contributed by atoms with Gasteiger partial charge < -0.3 is 10.1 Å². The number of aryl methyl sites for hydroxylation is 1. The van der Waals surface area contributed by atoms with Crippen LogP contribution in [0, 0.1) is 11.3 Å². The second-order valence-corrected chi connectivity index (χ2v) is 3.98. The number of nitriles is 1. The molecule has 0 atom stereocenters. The molecule has 0 spiro atoms. The molecule has 1 aliphatic rings. The lowest BCUT2D eigenvalue weighted by Crippen LogP contribution is -2.17. The van der Waals surface area contributed by atoms with E-state index in [2.05, 4.69) is 29.6 Å². The Morgan fingerprint density at radius 2 is 2.38 bits per heavy atom. The molecular weight excluding hydrogens is 200 g/mol. The van der Waals surface area contributed by atoms with Crippen molar-refractivity contribution >= 4 is 0 Å². The molecule has 0 saturated heterocycles. The summed E-state index contributed by atoms with van der Waals surface area (Å²) >= 11 is 0. The molecule has 0 amide bonds. The molecule has 2 rings (SSSR count). The van der Waals surface area contributed by atoms with Gasteiger partial charge in [0.1, 0.15) is 5.75 Å². The van der Waals surface area contributed by atoms with Crippen molar-refractivity contribution in [1.29, 1.82) is 5.26 Å². The molecule has 1 aromatic carbocycles. The summed E-state index contributed by atoms with van der Waals surface area (Å²) < 4.78 is 5.56. The van der Waals surface area contributed by atoms with Gasteiger partial charge in [0, 0.05) is 6.54 Å². The number of fused-ring (bicyclic) bond motifs is 1. The van der Waals surface area contributed by atoms with Gasteiger partial charge in [-0.2, -0.15) is 5.26 Å². The van der Waals surface area contributed by atoms with E-state index in [9.17, 15) is 0 Å². The molecule has 0 radical (unpaired) electrons. The van der Waals surface area contributed by atoms with Gasteiger partial charge >= 0.3 is 0 Å². The van der Waals surface area contributed by atoms with Crippen LogP contribution in [0.3, 0.4) is 0 Å². The molecule has 16 heavy (non-hydrogen) atoms. The Morgan fingerprint density at radius 3 is 3.25 bits per heavy atom. The van der Waals surface area contributed by atoms with Crippen LogP contribution in [0.5, 0.6) is 5.75 Å². The summed E-state index contributed by atoms with van der Waals surface area (Å²) in [4.78, 5) is 0. The summed E-state index contributed by atoms with van der Waals surface area (Å²) in [6.07, 6.45) is 3.20. The molecule has 1 heterocycles. The molecule has 0 saturated carbocycles. The molecule has 0 aliphatic carbocycles. The average Bonchev–Trinajstić information content (AvgIpc) is 2.34. The largest absolute Gasteiger partial charge is 0.493 e. The average molecular weight is 216 g/mol. The van der Waals surface area contributed by atoms with Crippen molar-refractivity contribution in [3.8, 4) is 11.8 Å². The van der Waals surface area contributed by atoms with Crippen molar-refractivity contribution < 1.29 is 4.74 Å². The summed E-state index contributed by atoms with van der Waals surface area (Å²) in [6, 6.07) is 8.47. The smallest absolute Gasteiger partial charge is 0.122 e. The third kappa shape index (κ3) is 2.74. The quantitative estimate of drug-likeness (QED) is 0.615. The summed E-state index contributed by atoms with van der Waals surface area (Å²) in [5.41, 5.74) is 2.64. The third-order valence-corrected chi connectivity index (χ3v) is 2.77. The van der Waals surface area contributed by atoms with Gasteiger partial charge in [0.05, 0.1) is 19.2 Å². The Bertz CT molecular complexity index is 395. The highest BCUT2D eigenvalue weighted by atomic mass is 16.5. The second kappa shape index (κ2) is 5.53. The molecule has 0 bridgehead atoms. The molecule has 0 fully saturated rings. The monoisotopic (exact) mass is 216 g/mol. The van der Waals surface area contributed by atoms with Gasteiger partial charge in [0.25, 0.3) is 0 Å². The summed E-state index contributed by atoms with van der Waals surface area (Å²) in [5, 5.41) is 11.5. The fourth-order valence-corrected chi connectivity index (χ4v) is 1.95. The van der Waals surface area contributed by atoms with Crippen LogP contribution in [0.4, 0.5) is 0 Å². The zero-order chi connectivity index (χ0) is 11.2. The van der Waals surface area contributed by atoms with E-state index in [-0.39, 0.29) is 0 Å². The molecular formula is C13H16N2O. The second-order valence-electron chi connectivity index (χ2n) is 3.98. The van der Waals surface area contributed by atoms with Crippen LogP contribution in [-0.2, 0) is 12.8 Å². The van der Waals surface area contributed by atoms with Gasteiger partial charge in [-0.1, -0.05) is 12.1 Å². The number of nitrogens with one attached hydrogen (secondary N) is 1. The SMILES string of the molecule is N#CCNCCc1ccc2c(c1)CCCO2. The zero-order valence-corrected chi connectivity index (χ0v) is 9.33. The minimum absolute atomic E-state index is 0.425. The standard InChI is InChI=1S/C13H16N2O/c14-6-8-15-7-5-11-3-4-13-12(10-11)2-1-9-16-13/h3-4,10,15H,1-2,5,7-9H2. The molecule has 1 aromatic rings. The van der Waals surface area contributed by atoms with Crippen LogP contribution in [-0.4, -0.2) is 19.7 Å². The van der Waals surface area contributed by atoms with Gasteiger partial charge in [-0.15, -0.1) is 0 Å². The van der Waals surface area contributed by atoms with Gasteiger partial charge in [0.2, 0.25) is 0 Å². The fourth-order valence-electron chi connectivity index (χ4n) is 1.95. The normalized spacial score (nSPS) is 13.7. The Morgan fingerprint density at radius 1 is 1.44 bits per heavy atom. The maximum atomic E-state index is 8.39. The van der Waals surface area contributed by atoms with Crippen molar-refractivity contribution in [1.82, 2.24) is 5.32 Å². The van der Waals surface area contributed by atoms with Crippen LogP contribution in [0.2, 0.25) is 0 Å². The first kappa shape index (κ1) is 11.0. The van der Waals surface area contributed by atoms with Gasteiger partial charge in [-0.25, -0.2) is 0 Å². The Kier molecular flexibility index (Phi) is 3.79. The minimum atomic E-state index is 0.425. The maximum Gasteiger partial charge on any atom is 0.122 e. The lowest BCUT2D eigenvalue weighted by molar-refractivity contribution is 0.288. The van der Waals surface area contributed by atoms with Crippen LogP contribution >= 0.6 is 0 Å². The third-order valence-electron chi connectivity index (χ3n) is 2.77. The van der Waals surface area contributed by atoms with Gasteiger partial charge in [-0.05, 0) is 36.5 Å². The highest BCUT2D eigenvalue weighted by Crippen LogP contribution is 2.25. The van der Waals surface area contributed by atoms with E-state index < -0.39 is 0 Å². The predicted octanol–water partition coefficient (Wildman–Crippen LogP) is 1.67. The van der Waals surface area contributed by atoms with E-state index in [1.54, 1.807) is 0 Å². The topological polar surface area (TPSA) is 45.0 Å². The predicted molar refractivity (Wildman–Crippen MR) is 62.4 cm³/mol. The van der Waals surface area contributed by atoms with Crippen molar-refractivity contribution in [2.24, 2.45) is 0 Å². The van der Waals surface area contributed by atoms with E-state index in [4.69, 9.17) is 10.00 Å². The van der Waals surface area contributed by atoms with Crippen molar-refractivity contribution in [3.63, 3.8) is 0 Å². The maximum absolute atomic E-state index is 8.39. The van der Waals surface area contributed by atoms with E-state index in [0.717, 1.165) is 38.2 Å². The fraction of sp³-hybridized carbons (Fsp3) is 0.462. The molecule has 1 N–H and O–H groups in total. The molecule has 3 nitrogen and oxygen atoms in total. The zero-order valence-electron chi connectivity index (χ0n) is 9.33. The Labute approximate surface area is 96.0 Å². The lowest BCUT2D eigenvalue weighted by atomic mass is 10.0. The van der Waals surface area contributed by atoms with E-state index >= 15 is 0 Å². The van der Waals surface area contributed by atoms with E-state index in [1.165, 1.54) is 11.1 Å². The Hall–Kier alpha value is -1.53. The first-order valence-corrected chi connectivity index (χ1v) is 5.72. The molecule has 1 aliphatic heterocycles. The van der Waals surface area contributed by atoms with Crippen LogP contribution in [0.1, 0.15) is 17.5 Å². The van der Waals surface area contributed by atoms with E-state index in [0.29, 0.717) is 6.54 Å². The van der Waals surface area contributed by atoms with Crippen LogP contribution in [0.25, 0.3) is 0 Å². The Balaban J connectivity index is 1.93. The molecule has 0 unspecified atom stereocenters. The summed E-state index contributed by atoms with van der Waals surface area (Å²) in [6.45, 7) is 2.12. The first-order chi connectivity index (χ1) is 7.90. The number of rotatable bonds is 4. The molecule has 84 valence electrons.